The molecule has 1 aromatic heterocycles. The number of nitrogens with one attached hydrogen (secondary N) is 2. The van der Waals surface area contributed by atoms with Crippen molar-refractivity contribution >= 4 is 35.1 Å². The number of esters is 1. The molecule has 2 amide bonds. The van der Waals surface area contributed by atoms with Crippen LogP contribution in [0.2, 0.25) is 0 Å². The number of anilines is 1. The first-order chi connectivity index (χ1) is 20.7. The highest BCUT2D eigenvalue weighted by molar-refractivity contribution is 6.24. The smallest absolute Gasteiger partial charge is 0.334 e. The van der Waals surface area contributed by atoms with Gasteiger partial charge in [-0.3, -0.25) is 33.6 Å². The van der Waals surface area contributed by atoms with Crippen LogP contribution in [-0.4, -0.2) is 44.1 Å². The Balaban J connectivity index is 1.22. The monoisotopic (exact) mass is 574 g/mol. The topological polar surface area (TPSA) is 148 Å². The maximum absolute atomic E-state index is 13.6. The number of H-pyrrole nitrogens is 1. The Kier molecular flexibility index (Phi) is 5.67. The third-order valence-electron chi connectivity index (χ3n) is 8.11. The van der Waals surface area contributed by atoms with Gasteiger partial charge in [0, 0.05) is 29.7 Å². The summed E-state index contributed by atoms with van der Waals surface area (Å²) in [5.74, 6) is -2.70. The van der Waals surface area contributed by atoms with Crippen molar-refractivity contribution in [3.63, 3.8) is 0 Å². The summed E-state index contributed by atoms with van der Waals surface area (Å²) >= 11 is 0. The van der Waals surface area contributed by atoms with Gasteiger partial charge in [0.05, 0.1) is 22.4 Å². The van der Waals surface area contributed by atoms with Crippen molar-refractivity contribution in [1.29, 1.82) is 0 Å². The Labute approximate surface area is 243 Å². The summed E-state index contributed by atoms with van der Waals surface area (Å²) in [6, 6.07) is 18.5. The van der Waals surface area contributed by atoms with Crippen molar-refractivity contribution < 1.29 is 23.9 Å². The van der Waals surface area contributed by atoms with Crippen LogP contribution in [0, 0.1) is 0 Å². The zero-order valence-electron chi connectivity index (χ0n) is 22.8. The number of ether oxygens (including phenoxy) is 1. The molecule has 3 aromatic carbocycles. The van der Waals surface area contributed by atoms with Gasteiger partial charge in [-0.25, -0.2) is 9.59 Å². The molecule has 2 unspecified atom stereocenters. The predicted octanol–water partition coefficient (Wildman–Crippen LogP) is 2.83. The van der Waals surface area contributed by atoms with E-state index < -0.39 is 41.0 Å². The van der Waals surface area contributed by atoms with Gasteiger partial charge in [0.2, 0.25) is 0 Å². The van der Waals surface area contributed by atoms with E-state index in [-0.39, 0.29) is 34.0 Å². The maximum Gasteiger partial charge on any atom is 0.334 e. The summed E-state index contributed by atoms with van der Waals surface area (Å²) in [5.41, 5.74) is 2.04. The van der Waals surface area contributed by atoms with Crippen LogP contribution < -0.4 is 21.3 Å². The fraction of sp³-hybridized carbons (Fsp3) is 0.125. The molecule has 7 rings (SSSR count). The van der Waals surface area contributed by atoms with E-state index in [0.29, 0.717) is 28.0 Å². The quantitative estimate of drug-likeness (QED) is 0.215. The van der Waals surface area contributed by atoms with E-state index >= 15 is 0 Å². The van der Waals surface area contributed by atoms with Crippen LogP contribution in [-0.2, 0) is 11.8 Å². The average molecular weight is 575 g/mol. The molecule has 11 heteroatoms. The van der Waals surface area contributed by atoms with Gasteiger partial charge in [0.15, 0.2) is 5.78 Å². The first-order valence-corrected chi connectivity index (χ1v) is 13.4. The van der Waals surface area contributed by atoms with E-state index in [2.05, 4.69) is 10.3 Å². The van der Waals surface area contributed by atoms with Crippen molar-refractivity contribution in [2.75, 3.05) is 5.32 Å². The van der Waals surface area contributed by atoms with E-state index in [1.165, 1.54) is 38.2 Å². The molecule has 0 saturated carbocycles. The van der Waals surface area contributed by atoms with Crippen molar-refractivity contribution in [2.24, 2.45) is 7.05 Å². The van der Waals surface area contributed by atoms with Crippen LogP contribution >= 0.6 is 0 Å². The third kappa shape index (κ3) is 3.74. The minimum absolute atomic E-state index is 0.135. The van der Waals surface area contributed by atoms with Gasteiger partial charge in [-0.2, -0.15) is 0 Å². The second-order valence-electron chi connectivity index (χ2n) is 10.5. The minimum Gasteiger partial charge on any atom is -0.425 e. The van der Waals surface area contributed by atoms with Crippen LogP contribution in [0.4, 0.5) is 5.82 Å². The number of amides is 2. The Morgan fingerprint density at radius 3 is 2.02 bits per heavy atom. The number of aromatic amines is 1. The molecule has 4 aromatic rings. The summed E-state index contributed by atoms with van der Waals surface area (Å²) in [5, 5.41) is 3.11. The van der Waals surface area contributed by atoms with Crippen molar-refractivity contribution in [2.45, 2.75) is 18.9 Å². The molecule has 0 spiro atoms. The van der Waals surface area contributed by atoms with Crippen LogP contribution in [0.5, 0.6) is 5.75 Å². The lowest BCUT2D eigenvalue weighted by Gasteiger charge is -2.28. The number of imide groups is 1. The van der Waals surface area contributed by atoms with Gasteiger partial charge >= 0.3 is 11.7 Å². The highest BCUT2D eigenvalue weighted by Gasteiger charge is 2.43. The first-order valence-electron chi connectivity index (χ1n) is 13.4. The highest BCUT2D eigenvalue weighted by atomic mass is 16.5. The van der Waals surface area contributed by atoms with Crippen molar-refractivity contribution in [3.8, 4) is 5.75 Å². The van der Waals surface area contributed by atoms with E-state index in [1.807, 2.05) is 0 Å². The van der Waals surface area contributed by atoms with E-state index in [1.54, 1.807) is 48.5 Å². The van der Waals surface area contributed by atoms with Crippen molar-refractivity contribution in [3.05, 3.63) is 133 Å². The molecule has 0 bridgehead atoms. The largest absolute Gasteiger partial charge is 0.425 e. The fourth-order valence-corrected chi connectivity index (χ4v) is 5.91. The molecular formula is C32H22N4O7. The molecule has 2 aliphatic heterocycles. The van der Waals surface area contributed by atoms with Gasteiger partial charge in [0.25, 0.3) is 17.4 Å². The van der Waals surface area contributed by atoms with Gasteiger partial charge < -0.3 is 10.1 Å². The molecule has 1 aliphatic carbocycles. The second-order valence-corrected chi connectivity index (χ2v) is 10.5. The van der Waals surface area contributed by atoms with Crippen molar-refractivity contribution in [1.82, 2.24) is 14.5 Å². The number of hydrogen-bond donors (Lipinski definition) is 2. The highest BCUT2D eigenvalue weighted by Crippen LogP contribution is 2.47. The zero-order chi connectivity index (χ0) is 30.2. The lowest BCUT2D eigenvalue weighted by atomic mass is 9.81. The number of benzene rings is 3. The average Bonchev–Trinajstić information content (AvgIpc) is 3.44. The Bertz CT molecular complexity index is 2050. The molecule has 2 N–H and O–H groups in total. The number of ketones is 1. The number of carbonyl (C=O) groups is 4. The van der Waals surface area contributed by atoms with Gasteiger partial charge in [-0.15, -0.1) is 0 Å². The molecule has 212 valence electrons. The summed E-state index contributed by atoms with van der Waals surface area (Å²) in [6.45, 7) is 1.41. The third-order valence-corrected chi connectivity index (χ3v) is 8.11. The molecule has 0 saturated heterocycles. The summed E-state index contributed by atoms with van der Waals surface area (Å²) in [7, 11) is 1.35. The number of hydrogen-bond acceptors (Lipinski definition) is 8. The SMILES string of the molecule is CC(C(=O)Oc1ccc(C2C3=C(Nc4[nH]c(=O)n(C)c(=O)c42)c2ccccc2C3=O)cc1)N1C(=O)c2ccccc2C1=O. The predicted molar refractivity (Wildman–Crippen MR) is 154 cm³/mol. The lowest BCUT2D eigenvalue weighted by molar-refractivity contribution is -0.138. The molecule has 3 heterocycles. The number of allylic oxidation sites excluding steroid dienone is 1. The molecule has 11 nitrogen and oxygen atoms in total. The number of fused-ring (bicyclic) bond motifs is 4. The van der Waals surface area contributed by atoms with Crippen LogP contribution in [0.25, 0.3) is 5.70 Å². The van der Waals surface area contributed by atoms with E-state index in [9.17, 15) is 28.8 Å². The Morgan fingerprint density at radius 2 is 1.40 bits per heavy atom. The van der Waals surface area contributed by atoms with Crippen LogP contribution in [0.3, 0.4) is 0 Å². The Hall–Kier alpha value is -5.84. The molecule has 0 fully saturated rings. The summed E-state index contributed by atoms with van der Waals surface area (Å²) in [6.07, 6.45) is 0. The molecule has 43 heavy (non-hydrogen) atoms. The first kappa shape index (κ1) is 26.1. The van der Waals surface area contributed by atoms with Gasteiger partial charge in [0.1, 0.15) is 17.6 Å². The Morgan fingerprint density at radius 1 is 0.814 bits per heavy atom. The zero-order valence-corrected chi connectivity index (χ0v) is 22.8. The standard InChI is InChI=1S/C32H22N4O7/c1-15(36-28(38)20-9-5-6-10-21(20)29(36)39)31(41)43-17-13-11-16(12-14-17)22-23-25(18-7-3-4-8-19(18)26(23)37)33-27-24(22)30(40)35(2)32(42)34-27/h3-15,22,33H,1-2H3,(H,34,42). The number of Topliss-reactive ketones (excluding diaryl/α,β-unsaturated/α-hetero) is 1. The van der Waals surface area contributed by atoms with Gasteiger partial charge in [-0.1, -0.05) is 48.5 Å². The summed E-state index contributed by atoms with van der Waals surface area (Å²) in [4.78, 5) is 81.7. The molecular weight excluding hydrogens is 552 g/mol. The lowest BCUT2D eigenvalue weighted by Crippen LogP contribution is -2.44. The maximum atomic E-state index is 13.6. The van der Waals surface area contributed by atoms with Crippen LogP contribution in [0.1, 0.15) is 60.6 Å². The number of carbonyl (C=O) groups excluding carboxylic acids is 4. The minimum atomic E-state index is -1.19. The normalized spacial score (nSPS) is 17.2. The second kappa shape index (κ2) is 9.35. The number of aromatic nitrogens is 2. The van der Waals surface area contributed by atoms with E-state index in [0.717, 1.165) is 9.47 Å². The van der Waals surface area contributed by atoms with Crippen LogP contribution in [0.15, 0.2) is 88.0 Å². The van der Waals surface area contributed by atoms with Gasteiger partial charge in [-0.05, 0) is 36.8 Å². The molecule has 2 atom stereocenters. The molecule has 3 aliphatic rings. The number of rotatable bonds is 4. The summed E-state index contributed by atoms with van der Waals surface area (Å²) < 4.78 is 6.47. The molecule has 0 radical (unpaired) electrons. The number of nitrogens with zero attached hydrogens (tertiary/aromatic N) is 2. The fourth-order valence-electron chi connectivity index (χ4n) is 5.91. The van der Waals surface area contributed by atoms with E-state index in [4.69, 9.17) is 4.74 Å².